The number of aliphatic imine (C=N–C) groups is 1. The number of guanidine groups is 1. The monoisotopic (exact) mass is 501 g/mol. The number of hydrogen-bond donors (Lipinski definition) is 2. The zero-order chi connectivity index (χ0) is 18.5. The van der Waals surface area contributed by atoms with Crippen LogP contribution < -0.4 is 10.6 Å². The van der Waals surface area contributed by atoms with Gasteiger partial charge < -0.3 is 15.4 Å². The molecule has 27 heavy (non-hydrogen) atoms. The summed E-state index contributed by atoms with van der Waals surface area (Å²) in [5.74, 6) is 0.787. The Hall–Kier alpha value is -1.31. The van der Waals surface area contributed by atoms with Gasteiger partial charge in [0, 0.05) is 31.8 Å². The van der Waals surface area contributed by atoms with E-state index in [-0.39, 0.29) is 24.0 Å². The van der Waals surface area contributed by atoms with Crippen molar-refractivity contribution in [2.45, 2.75) is 25.8 Å². The highest BCUT2D eigenvalue weighted by atomic mass is 127. The highest BCUT2D eigenvalue weighted by Crippen LogP contribution is 2.14. The van der Waals surface area contributed by atoms with E-state index >= 15 is 0 Å². The first-order valence-electron chi connectivity index (χ1n) is 9.09. The van der Waals surface area contributed by atoms with E-state index in [1.54, 1.807) is 7.05 Å². The van der Waals surface area contributed by atoms with Gasteiger partial charge in [-0.2, -0.15) is 0 Å². The second-order valence-corrected chi connectivity index (χ2v) is 6.41. The average Bonchev–Trinajstić information content (AvgIpc) is 2.68. The van der Waals surface area contributed by atoms with Crippen LogP contribution in [-0.2, 0) is 17.7 Å². The standard InChI is InChI=1S/C21H28ClN3O.HI/c1-23-21(25-17-19-11-5-6-12-20(19)22)24-14-7-8-15-26-16-13-18-9-3-2-4-10-18;/h2-6,9-12H,7-8,13-17H2,1H3,(H2,23,24,25);1H. The zero-order valence-electron chi connectivity index (χ0n) is 15.8. The van der Waals surface area contributed by atoms with Crippen LogP contribution in [-0.4, -0.2) is 32.8 Å². The maximum atomic E-state index is 6.16. The number of benzene rings is 2. The van der Waals surface area contributed by atoms with Crippen molar-refractivity contribution in [3.05, 3.63) is 70.7 Å². The normalized spacial score (nSPS) is 11.0. The molecule has 0 spiro atoms. The Labute approximate surface area is 184 Å². The lowest BCUT2D eigenvalue weighted by atomic mass is 10.2. The molecule has 0 aromatic heterocycles. The van der Waals surface area contributed by atoms with Crippen LogP contribution in [0.25, 0.3) is 0 Å². The van der Waals surface area contributed by atoms with Gasteiger partial charge in [0.1, 0.15) is 0 Å². The lowest BCUT2D eigenvalue weighted by Crippen LogP contribution is -2.37. The van der Waals surface area contributed by atoms with Crippen molar-refractivity contribution in [1.29, 1.82) is 0 Å². The maximum Gasteiger partial charge on any atom is 0.191 e. The molecule has 0 unspecified atom stereocenters. The van der Waals surface area contributed by atoms with Gasteiger partial charge in [-0.05, 0) is 36.5 Å². The zero-order valence-corrected chi connectivity index (χ0v) is 18.9. The van der Waals surface area contributed by atoms with E-state index in [1.165, 1.54) is 5.56 Å². The molecular formula is C21H29ClIN3O. The maximum absolute atomic E-state index is 6.16. The van der Waals surface area contributed by atoms with Crippen molar-refractivity contribution in [3.63, 3.8) is 0 Å². The second kappa shape index (κ2) is 14.7. The Morgan fingerprint density at radius 1 is 0.963 bits per heavy atom. The largest absolute Gasteiger partial charge is 0.381 e. The molecule has 0 heterocycles. The molecule has 4 nitrogen and oxygen atoms in total. The summed E-state index contributed by atoms with van der Waals surface area (Å²) in [5, 5.41) is 7.36. The molecule has 2 aromatic carbocycles. The SMILES string of the molecule is CN=C(NCCCCOCCc1ccccc1)NCc1ccccc1Cl.I. The van der Waals surface area contributed by atoms with Gasteiger partial charge in [-0.25, -0.2) is 0 Å². The lowest BCUT2D eigenvalue weighted by molar-refractivity contribution is 0.133. The predicted octanol–water partition coefficient (Wildman–Crippen LogP) is 4.66. The number of hydrogen-bond acceptors (Lipinski definition) is 2. The molecule has 2 rings (SSSR count). The topological polar surface area (TPSA) is 45.7 Å². The molecule has 0 atom stereocenters. The molecule has 0 saturated carbocycles. The summed E-state index contributed by atoms with van der Waals surface area (Å²) in [7, 11) is 1.77. The fourth-order valence-corrected chi connectivity index (χ4v) is 2.72. The quantitative estimate of drug-likeness (QED) is 0.215. The molecule has 0 aliphatic carbocycles. The Kier molecular flexibility index (Phi) is 12.9. The Morgan fingerprint density at radius 3 is 2.44 bits per heavy atom. The van der Waals surface area contributed by atoms with Crippen molar-refractivity contribution in [1.82, 2.24) is 10.6 Å². The first-order valence-corrected chi connectivity index (χ1v) is 9.47. The minimum atomic E-state index is 0. The molecule has 0 aliphatic rings. The Bertz CT molecular complexity index is 667. The summed E-state index contributed by atoms with van der Waals surface area (Å²) in [4.78, 5) is 4.23. The van der Waals surface area contributed by atoms with E-state index in [9.17, 15) is 0 Å². The van der Waals surface area contributed by atoms with Gasteiger partial charge in [0.2, 0.25) is 0 Å². The second-order valence-electron chi connectivity index (χ2n) is 6.00. The molecule has 0 radical (unpaired) electrons. The summed E-state index contributed by atoms with van der Waals surface area (Å²) in [5.41, 5.74) is 2.38. The highest BCUT2D eigenvalue weighted by Gasteiger charge is 2.01. The van der Waals surface area contributed by atoms with Crippen LogP contribution in [0, 0.1) is 0 Å². The van der Waals surface area contributed by atoms with Gasteiger partial charge in [0.05, 0.1) is 6.61 Å². The molecule has 0 saturated heterocycles. The first-order chi connectivity index (χ1) is 12.8. The summed E-state index contributed by atoms with van der Waals surface area (Å²) in [6.07, 6.45) is 3.04. The van der Waals surface area contributed by atoms with Gasteiger partial charge in [0.15, 0.2) is 5.96 Å². The molecule has 0 amide bonds. The number of ether oxygens (including phenoxy) is 1. The van der Waals surface area contributed by atoms with Crippen LogP contribution in [0.5, 0.6) is 0 Å². The van der Waals surface area contributed by atoms with Gasteiger partial charge in [-0.1, -0.05) is 60.1 Å². The predicted molar refractivity (Wildman–Crippen MR) is 125 cm³/mol. The third kappa shape index (κ3) is 9.98. The number of halogens is 2. The summed E-state index contributed by atoms with van der Waals surface area (Å²) >= 11 is 6.16. The van der Waals surface area contributed by atoms with E-state index < -0.39 is 0 Å². The average molecular weight is 502 g/mol. The van der Waals surface area contributed by atoms with Crippen LogP contribution in [0.15, 0.2) is 59.6 Å². The van der Waals surface area contributed by atoms with Gasteiger partial charge in [0.25, 0.3) is 0 Å². The molecule has 6 heteroatoms. The molecule has 2 N–H and O–H groups in total. The number of unbranched alkanes of at least 4 members (excludes halogenated alkanes) is 1. The van der Waals surface area contributed by atoms with E-state index in [1.807, 2.05) is 30.3 Å². The number of rotatable bonds is 10. The van der Waals surface area contributed by atoms with Crippen molar-refractivity contribution >= 4 is 41.5 Å². The summed E-state index contributed by atoms with van der Waals surface area (Å²) < 4.78 is 5.70. The minimum Gasteiger partial charge on any atom is -0.381 e. The van der Waals surface area contributed by atoms with Crippen LogP contribution in [0.3, 0.4) is 0 Å². The van der Waals surface area contributed by atoms with Crippen molar-refractivity contribution in [2.24, 2.45) is 4.99 Å². The van der Waals surface area contributed by atoms with E-state index in [0.717, 1.165) is 55.6 Å². The van der Waals surface area contributed by atoms with Gasteiger partial charge >= 0.3 is 0 Å². The van der Waals surface area contributed by atoms with E-state index in [0.29, 0.717) is 6.54 Å². The molecule has 2 aromatic rings. The van der Waals surface area contributed by atoms with Crippen LogP contribution in [0.2, 0.25) is 5.02 Å². The van der Waals surface area contributed by atoms with E-state index in [4.69, 9.17) is 16.3 Å². The third-order valence-electron chi connectivity index (χ3n) is 4.01. The molecule has 0 bridgehead atoms. The number of nitrogens with one attached hydrogen (secondary N) is 2. The Balaban J connectivity index is 0.00000364. The molecule has 148 valence electrons. The van der Waals surface area contributed by atoms with E-state index in [2.05, 4.69) is 39.9 Å². The lowest BCUT2D eigenvalue weighted by Gasteiger charge is -2.12. The fourth-order valence-electron chi connectivity index (χ4n) is 2.51. The van der Waals surface area contributed by atoms with Crippen molar-refractivity contribution in [3.8, 4) is 0 Å². The fraction of sp³-hybridized carbons (Fsp3) is 0.381. The summed E-state index contributed by atoms with van der Waals surface area (Å²) in [6.45, 7) is 3.09. The van der Waals surface area contributed by atoms with Crippen molar-refractivity contribution < 1.29 is 4.74 Å². The van der Waals surface area contributed by atoms with Crippen LogP contribution >= 0.6 is 35.6 Å². The molecule has 0 fully saturated rings. The van der Waals surface area contributed by atoms with Crippen LogP contribution in [0.4, 0.5) is 0 Å². The van der Waals surface area contributed by atoms with Gasteiger partial charge in [-0.3, -0.25) is 4.99 Å². The number of nitrogens with zero attached hydrogens (tertiary/aromatic N) is 1. The first kappa shape index (κ1) is 23.7. The van der Waals surface area contributed by atoms with Crippen molar-refractivity contribution in [2.75, 3.05) is 26.8 Å². The smallest absolute Gasteiger partial charge is 0.191 e. The third-order valence-corrected chi connectivity index (χ3v) is 4.38. The molecular weight excluding hydrogens is 473 g/mol. The molecule has 0 aliphatic heterocycles. The minimum absolute atomic E-state index is 0. The summed E-state index contributed by atoms with van der Waals surface area (Å²) in [6, 6.07) is 18.2. The van der Waals surface area contributed by atoms with Gasteiger partial charge in [-0.15, -0.1) is 24.0 Å². The Morgan fingerprint density at radius 2 is 1.70 bits per heavy atom. The van der Waals surface area contributed by atoms with Crippen LogP contribution in [0.1, 0.15) is 24.0 Å². The highest BCUT2D eigenvalue weighted by molar-refractivity contribution is 14.0.